The Hall–Kier alpha value is -0.770. The van der Waals surface area contributed by atoms with Gasteiger partial charge in [0.25, 0.3) is 0 Å². The SMILES string of the molecule is Clc1cc(Cl)cc(-c2n[nH]c(Cl)n2)c1. The molecule has 2 rings (SSSR count). The summed E-state index contributed by atoms with van der Waals surface area (Å²) < 4.78 is 0. The number of H-pyrrole nitrogens is 1. The van der Waals surface area contributed by atoms with Crippen LogP contribution in [0.5, 0.6) is 0 Å². The Morgan fingerprint density at radius 2 is 1.64 bits per heavy atom. The molecule has 0 bridgehead atoms. The molecule has 14 heavy (non-hydrogen) atoms. The Labute approximate surface area is 95.0 Å². The average Bonchev–Trinajstić information content (AvgIpc) is 2.50. The van der Waals surface area contributed by atoms with Gasteiger partial charge in [0, 0.05) is 15.6 Å². The minimum Gasteiger partial charge on any atom is -0.249 e. The maximum Gasteiger partial charge on any atom is 0.218 e. The van der Waals surface area contributed by atoms with Gasteiger partial charge in [-0.15, -0.1) is 0 Å². The molecule has 1 aromatic carbocycles. The summed E-state index contributed by atoms with van der Waals surface area (Å²) in [4.78, 5) is 3.94. The van der Waals surface area contributed by atoms with Crippen molar-refractivity contribution in [1.82, 2.24) is 15.2 Å². The third kappa shape index (κ3) is 2.00. The highest BCUT2D eigenvalue weighted by Gasteiger charge is 2.06. The zero-order valence-corrected chi connectivity index (χ0v) is 9.03. The van der Waals surface area contributed by atoms with Crippen LogP contribution in [0.15, 0.2) is 18.2 Å². The Morgan fingerprint density at radius 3 is 2.14 bits per heavy atom. The molecule has 2 aromatic rings. The van der Waals surface area contributed by atoms with E-state index in [0.29, 0.717) is 15.9 Å². The van der Waals surface area contributed by atoms with Gasteiger partial charge in [0.1, 0.15) is 0 Å². The Morgan fingerprint density at radius 1 is 1.00 bits per heavy atom. The van der Waals surface area contributed by atoms with Gasteiger partial charge in [-0.3, -0.25) is 0 Å². The van der Waals surface area contributed by atoms with Gasteiger partial charge in [-0.1, -0.05) is 23.2 Å². The van der Waals surface area contributed by atoms with Crippen LogP contribution in [0.25, 0.3) is 11.4 Å². The van der Waals surface area contributed by atoms with Crippen molar-refractivity contribution in [3.8, 4) is 11.4 Å². The van der Waals surface area contributed by atoms with Crippen molar-refractivity contribution in [3.63, 3.8) is 0 Å². The summed E-state index contributed by atoms with van der Waals surface area (Å²) in [5, 5.41) is 7.71. The molecule has 6 heteroatoms. The van der Waals surface area contributed by atoms with E-state index in [-0.39, 0.29) is 5.28 Å². The number of rotatable bonds is 1. The van der Waals surface area contributed by atoms with Crippen molar-refractivity contribution in [1.29, 1.82) is 0 Å². The molecule has 0 saturated carbocycles. The third-order valence-corrected chi connectivity index (χ3v) is 2.18. The van der Waals surface area contributed by atoms with Crippen LogP contribution in [0.2, 0.25) is 15.3 Å². The van der Waals surface area contributed by atoms with Crippen LogP contribution in [-0.4, -0.2) is 15.2 Å². The highest BCUT2D eigenvalue weighted by Crippen LogP contribution is 2.25. The van der Waals surface area contributed by atoms with Crippen LogP contribution in [0.3, 0.4) is 0 Å². The van der Waals surface area contributed by atoms with E-state index < -0.39 is 0 Å². The molecule has 1 aromatic heterocycles. The Bertz CT molecular complexity index is 446. The molecule has 0 unspecified atom stereocenters. The van der Waals surface area contributed by atoms with E-state index in [1.54, 1.807) is 18.2 Å². The van der Waals surface area contributed by atoms with Gasteiger partial charge in [0.2, 0.25) is 5.28 Å². The predicted octanol–water partition coefficient (Wildman–Crippen LogP) is 3.43. The van der Waals surface area contributed by atoms with E-state index in [1.165, 1.54) is 0 Å². The standard InChI is InChI=1S/C8H4Cl3N3/c9-5-1-4(2-6(10)3-5)7-12-8(11)14-13-7/h1-3H,(H,12,13,14). The third-order valence-electron chi connectivity index (χ3n) is 1.58. The molecule has 0 atom stereocenters. The lowest BCUT2D eigenvalue weighted by molar-refractivity contribution is 1.10. The topological polar surface area (TPSA) is 41.6 Å². The molecule has 0 radical (unpaired) electrons. The molecule has 0 aliphatic rings. The van der Waals surface area contributed by atoms with Crippen LogP contribution in [0, 0.1) is 0 Å². The first-order valence-corrected chi connectivity index (χ1v) is 4.83. The summed E-state index contributed by atoms with van der Waals surface area (Å²) in [6.45, 7) is 0. The lowest BCUT2D eigenvalue weighted by atomic mass is 10.2. The van der Waals surface area contributed by atoms with Crippen molar-refractivity contribution in [2.45, 2.75) is 0 Å². The smallest absolute Gasteiger partial charge is 0.218 e. The number of hydrogen-bond donors (Lipinski definition) is 1. The number of nitrogens with one attached hydrogen (secondary N) is 1. The lowest BCUT2D eigenvalue weighted by Gasteiger charge is -1.97. The summed E-state index contributed by atoms with van der Waals surface area (Å²) in [5.41, 5.74) is 0.727. The van der Waals surface area contributed by atoms with Crippen LogP contribution in [0.1, 0.15) is 0 Å². The van der Waals surface area contributed by atoms with Crippen molar-refractivity contribution in [2.75, 3.05) is 0 Å². The van der Waals surface area contributed by atoms with Crippen molar-refractivity contribution in [2.24, 2.45) is 0 Å². The first-order chi connectivity index (χ1) is 6.65. The normalized spacial score (nSPS) is 10.5. The second-order valence-electron chi connectivity index (χ2n) is 2.61. The largest absolute Gasteiger partial charge is 0.249 e. The van der Waals surface area contributed by atoms with E-state index >= 15 is 0 Å². The molecule has 0 aliphatic carbocycles. The fourth-order valence-corrected chi connectivity index (χ4v) is 1.70. The van der Waals surface area contributed by atoms with Gasteiger partial charge in [-0.2, -0.15) is 10.1 Å². The summed E-state index contributed by atoms with van der Waals surface area (Å²) in [5.74, 6) is 0.472. The molecular weight excluding hydrogens is 244 g/mol. The van der Waals surface area contributed by atoms with Crippen molar-refractivity contribution in [3.05, 3.63) is 33.5 Å². The maximum absolute atomic E-state index is 5.82. The van der Waals surface area contributed by atoms with Gasteiger partial charge in [0.05, 0.1) is 0 Å². The van der Waals surface area contributed by atoms with Crippen LogP contribution in [0.4, 0.5) is 0 Å². The van der Waals surface area contributed by atoms with E-state index in [2.05, 4.69) is 15.2 Å². The molecule has 3 nitrogen and oxygen atoms in total. The number of nitrogens with zero attached hydrogens (tertiary/aromatic N) is 2. The molecule has 0 spiro atoms. The van der Waals surface area contributed by atoms with Crippen molar-refractivity contribution >= 4 is 34.8 Å². The molecule has 1 N–H and O–H groups in total. The zero-order valence-electron chi connectivity index (χ0n) is 6.76. The predicted molar refractivity (Wildman–Crippen MR) is 56.8 cm³/mol. The van der Waals surface area contributed by atoms with Gasteiger partial charge >= 0.3 is 0 Å². The minimum absolute atomic E-state index is 0.232. The monoisotopic (exact) mass is 247 g/mol. The molecule has 0 amide bonds. The summed E-state index contributed by atoms with van der Waals surface area (Å²) in [6.07, 6.45) is 0. The number of aromatic amines is 1. The molecule has 72 valence electrons. The summed E-state index contributed by atoms with van der Waals surface area (Å²) in [6, 6.07) is 5.07. The van der Waals surface area contributed by atoms with Crippen LogP contribution >= 0.6 is 34.8 Å². The highest BCUT2D eigenvalue weighted by atomic mass is 35.5. The first kappa shape index (κ1) is 9.77. The second-order valence-corrected chi connectivity index (χ2v) is 3.84. The summed E-state index contributed by atoms with van der Waals surface area (Å²) in [7, 11) is 0. The maximum atomic E-state index is 5.82. The number of aromatic nitrogens is 3. The Balaban J connectivity index is 2.51. The molecule has 0 fully saturated rings. The van der Waals surface area contributed by atoms with E-state index in [4.69, 9.17) is 34.8 Å². The Kier molecular flexibility index (Phi) is 2.63. The fourth-order valence-electron chi connectivity index (χ4n) is 1.05. The molecular formula is C8H4Cl3N3. The molecule has 0 aliphatic heterocycles. The minimum atomic E-state index is 0.232. The zero-order chi connectivity index (χ0) is 10.1. The number of hydrogen-bond acceptors (Lipinski definition) is 2. The van der Waals surface area contributed by atoms with Crippen LogP contribution in [-0.2, 0) is 0 Å². The second kappa shape index (κ2) is 3.77. The van der Waals surface area contributed by atoms with E-state index in [1.807, 2.05) is 0 Å². The molecule has 0 saturated heterocycles. The number of halogens is 3. The van der Waals surface area contributed by atoms with E-state index in [0.717, 1.165) is 5.56 Å². The van der Waals surface area contributed by atoms with Gasteiger partial charge in [-0.05, 0) is 29.8 Å². The first-order valence-electron chi connectivity index (χ1n) is 3.69. The highest BCUT2D eigenvalue weighted by molar-refractivity contribution is 6.35. The van der Waals surface area contributed by atoms with Crippen molar-refractivity contribution < 1.29 is 0 Å². The summed E-state index contributed by atoms with van der Waals surface area (Å²) >= 11 is 17.2. The lowest BCUT2D eigenvalue weighted by Crippen LogP contribution is -1.81. The van der Waals surface area contributed by atoms with Gasteiger partial charge in [-0.25, -0.2) is 5.10 Å². The van der Waals surface area contributed by atoms with Crippen LogP contribution < -0.4 is 0 Å². The fraction of sp³-hybridized carbons (Fsp3) is 0. The van der Waals surface area contributed by atoms with Gasteiger partial charge < -0.3 is 0 Å². The van der Waals surface area contributed by atoms with E-state index in [9.17, 15) is 0 Å². The molecule has 1 heterocycles. The number of benzene rings is 1. The quantitative estimate of drug-likeness (QED) is 0.840. The van der Waals surface area contributed by atoms with Gasteiger partial charge in [0.15, 0.2) is 5.82 Å². The average molecular weight is 249 g/mol.